The van der Waals surface area contributed by atoms with Gasteiger partial charge in [-0.15, -0.1) is 6.58 Å². The summed E-state index contributed by atoms with van der Waals surface area (Å²) in [7, 11) is -9.46. The second-order valence-electron chi connectivity index (χ2n) is 4.74. The molecule has 0 aromatic carbocycles. The Morgan fingerprint density at radius 1 is 1.29 bits per heavy atom. The number of hydrogen-bond acceptors (Lipinski definition) is 7. The second kappa shape index (κ2) is 8.80. The fourth-order valence-corrected chi connectivity index (χ4v) is 6.42. The molecule has 1 heterocycles. The van der Waals surface area contributed by atoms with Crippen molar-refractivity contribution in [3.05, 3.63) is 31.1 Å². The Morgan fingerprint density at radius 3 is 2.29 bits per heavy atom. The van der Waals surface area contributed by atoms with Crippen molar-refractivity contribution in [2.45, 2.75) is 43.0 Å². The molecule has 0 amide bonds. The minimum absolute atomic E-state index is 0.0935. The van der Waals surface area contributed by atoms with Crippen molar-refractivity contribution in [3.63, 3.8) is 0 Å². The highest BCUT2D eigenvalue weighted by Gasteiger charge is 2.63. The first-order chi connectivity index (χ1) is 11.3. The molecule has 7 nitrogen and oxygen atoms in total. The lowest BCUT2D eigenvalue weighted by atomic mass is 10.2. The van der Waals surface area contributed by atoms with E-state index in [9.17, 15) is 13.0 Å². The molecule has 0 N–H and O–H groups in total. The molecule has 0 aliphatic carbocycles. The molecule has 0 fully saturated rings. The number of halogens is 1. The molecule has 1 aromatic heterocycles. The smallest absolute Gasteiger partial charge is 0.306 e. The summed E-state index contributed by atoms with van der Waals surface area (Å²) in [6.45, 7) is 6.11. The summed E-state index contributed by atoms with van der Waals surface area (Å²) < 4.78 is 61.0. The number of aromatic nitrogens is 2. The van der Waals surface area contributed by atoms with E-state index in [0.717, 1.165) is 12.4 Å². The Kier molecular flexibility index (Phi) is 7.66. The third kappa shape index (κ3) is 4.08. The topological polar surface area (TPSA) is 95.5 Å². The van der Waals surface area contributed by atoms with Gasteiger partial charge in [-0.25, -0.2) is 22.8 Å². The molecule has 0 spiro atoms. The predicted molar refractivity (Wildman–Crippen MR) is 88.0 cm³/mol. The molecule has 0 aliphatic rings. The molecule has 0 saturated carbocycles. The van der Waals surface area contributed by atoms with E-state index in [-0.39, 0.29) is 19.6 Å². The summed E-state index contributed by atoms with van der Waals surface area (Å²) in [5.74, 6) is 0. The Bertz CT molecular complexity index is 676. The lowest BCUT2D eigenvalue weighted by molar-refractivity contribution is 0.170. The highest BCUT2D eigenvalue weighted by Crippen LogP contribution is 2.66. The normalized spacial score (nSPS) is 15.0. The summed E-state index contributed by atoms with van der Waals surface area (Å²) in [5, 5.41) is -0.759. The highest BCUT2D eigenvalue weighted by molar-refractivity contribution is 7.99. The molecule has 0 bridgehead atoms. The van der Waals surface area contributed by atoms with Crippen molar-refractivity contribution in [2.75, 3.05) is 13.2 Å². The SMILES string of the molecule is C=CCCCC(F)(P(=O)(OCC)OCC)S(=O)(=O)c1ncccn1. The van der Waals surface area contributed by atoms with Crippen molar-refractivity contribution in [3.8, 4) is 0 Å². The first-order valence-electron chi connectivity index (χ1n) is 7.49. The van der Waals surface area contributed by atoms with Gasteiger partial charge in [0.05, 0.1) is 13.2 Å². The number of nitrogens with zero attached hydrogens (tertiary/aromatic N) is 2. The first kappa shape index (κ1) is 20.9. The number of unbranched alkanes of at least 4 members (excludes halogenated alkanes) is 1. The zero-order valence-corrected chi connectivity index (χ0v) is 15.4. The molecule has 0 saturated heterocycles. The molecule has 24 heavy (non-hydrogen) atoms. The molecule has 1 aromatic rings. The summed E-state index contributed by atoms with van der Waals surface area (Å²) in [5.41, 5.74) is 0. The minimum atomic E-state index is -4.82. The summed E-state index contributed by atoms with van der Waals surface area (Å²) >= 11 is 0. The van der Waals surface area contributed by atoms with Gasteiger partial charge in [0.2, 0.25) is 0 Å². The van der Waals surface area contributed by atoms with Crippen LogP contribution in [0.2, 0.25) is 0 Å². The van der Waals surface area contributed by atoms with Crippen LogP contribution in [0.15, 0.2) is 36.3 Å². The van der Waals surface area contributed by atoms with Crippen molar-refractivity contribution in [1.82, 2.24) is 9.97 Å². The summed E-state index contributed by atoms with van der Waals surface area (Å²) in [6.07, 6.45) is 3.69. The average Bonchev–Trinajstić information content (AvgIpc) is 2.56. The molecule has 136 valence electrons. The Morgan fingerprint density at radius 2 is 1.83 bits per heavy atom. The first-order valence-corrected chi connectivity index (χ1v) is 10.5. The monoisotopic (exact) mass is 380 g/mol. The van der Waals surface area contributed by atoms with Gasteiger partial charge in [-0.05, 0) is 32.8 Å². The van der Waals surface area contributed by atoms with Crippen LogP contribution in [0.5, 0.6) is 0 Å². The van der Waals surface area contributed by atoms with Gasteiger partial charge < -0.3 is 9.05 Å². The van der Waals surface area contributed by atoms with E-state index in [1.54, 1.807) is 0 Å². The van der Waals surface area contributed by atoms with Crippen molar-refractivity contribution in [2.24, 2.45) is 0 Å². The van der Waals surface area contributed by atoms with Crippen LogP contribution in [0.3, 0.4) is 0 Å². The Balaban J connectivity index is 3.47. The van der Waals surface area contributed by atoms with E-state index in [0.29, 0.717) is 6.42 Å². The van der Waals surface area contributed by atoms with Crippen molar-refractivity contribution >= 4 is 17.4 Å². The average molecular weight is 380 g/mol. The largest absolute Gasteiger partial charge is 0.383 e. The fourth-order valence-electron chi connectivity index (χ4n) is 2.02. The zero-order valence-electron chi connectivity index (χ0n) is 13.7. The van der Waals surface area contributed by atoms with Crippen LogP contribution in [0.25, 0.3) is 0 Å². The second-order valence-corrected chi connectivity index (χ2v) is 9.28. The van der Waals surface area contributed by atoms with Gasteiger partial charge in [0.1, 0.15) is 0 Å². The fraction of sp³-hybridized carbons (Fsp3) is 0.571. The highest BCUT2D eigenvalue weighted by atomic mass is 32.2. The molecule has 1 rings (SSSR count). The zero-order chi connectivity index (χ0) is 18.3. The summed E-state index contributed by atoms with van der Waals surface area (Å²) in [4.78, 5) is 7.17. The molecule has 0 radical (unpaired) electrons. The number of hydrogen-bond donors (Lipinski definition) is 0. The lowest BCUT2D eigenvalue weighted by Crippen LogP contribution is -2.36. The third-order valence-electron chi connectivity index (χ3n) is 3.09. The third-order valence-corrected chi connectivity index (χ3v) is 8.44. The standard InChI is InChI=1S/C14H22FN2O5PS/c1-4-7-8-10-14(15,23(18,21-5-2)22-6-3)24(19,20)13-16-11-9-12-17-13/h4,9,11-12H,1,5-8,10H2,2-3H3. The number of alkyl halides is 1. The van der Waals surface area contributed by atoms with Gasteiger partial charge in [-0.3, -0.25) is 4.57 Å². The molecule has 0 aliphatic heterocycles. The molecule has 10 heteroatoms. The van der Waals surface area contributed by atoms with E-state index in [4.69, 9.17) is 9.05 Å². The Hall–Kier alpha value is -1.15. The van der Waals surface area contributed by atoms with E-state index >= 15 is 4.39 Å². The van der Waals surface area contributed by atoms with Crippen LogP contribution in [-0.2, 0) is 23.4 Å². The maximum Gasteiger partial charge on any atom is 0.383 e. The van der Waals surface area contributed by atoms with Gasteiger partial charge in [0.25, 0.3) is 15.0 Å². The summed E-state index contributed by atoms with van der Waals surface area (Å²) in [6, 6.07) is 1.39. The van der Waals surface area contributed by atoms with Gasteiger partial charge in [0.15, 0.2) is 0 Å². The van der Waals surface area contributed by atoms with E-state index in [1.165, 1.54) is 26.0 Å². The lowest BCUT2D eigenvalue weighted by Gasteiger charge is -2.31. The van der Waals surface area contributed by atoms with Crippen LogP contribution in [0.1, 0.15) is 33.1 Å². The molecular formula is C14H22FN2O5PS. The number of sulfone groups is 1. The van der Waals surface area contributed by atoms with Crippen LogP contribution >= 0.6 is 7.60 Å². The van der Waals surface area contributed by atoms with Gasteiger partial charge in [-0.2, -0.15) is 0 Å². The van der Waals surface area contributed by atoms with Crippen LogP contribution in [-0.4, -0.2) is 36.3 Å². The Labute approximate surface area is 141 Å². The predicted octanol–water partition coefficient (Wildman–Crippen LogP) is 3.50. The number of allylic oxidation sites excluding steroid dienone is 1. The van der Waals surface area contributed by atoms with Crippen molar-refractivity contribution in [1.29, 1.82) is 0 Å². The number of rotatable bonds is 11. The van der Waals surface area contributed by atoms with Crippen LogP contribution in [0, 0.1) is 0 Å². The maximum atomic E-state index is 15.8. The van der Waals surface area contributed by atoms with Gasteiger partial charge in [0, 0.05) is 18.8 Å². The van der Waals surface area contributed by atoms with Gasteiger partial charge in [-0.1, -0.05) is 6.08 Å². The minimum Gasteiger partial charge on any atom is -0.306 e. The maximum absolute atomic E-state index is 15.8. The molecular weight excluding hydrogens is 358 g/mol. The quantitative estimate of drug-likeness (QED) is 0.251. The molecule has 1 unspecified atom stereocenters. The van der Waals surface area contributed by atoms with Crippen LogP contribution in [0.4, 0.5) is 4.39 Å². The molecule has 1 atom stereocenters. The van der Waals surface area contributed by atoms with Gasteiger partial charge >= 0.3 is 12.3 Å². The van der Waals surface area contributed by atoms with E-state index in [2.05, 4.69) is 16.5 Å². The van der Waals surface area contributed by atoms with Crippen LogP contribution < -0.4 is 0 Å². The van der Waals surface area contributed by atoms with Crippen molar-refractivity contribution < 1.29 is 26.4 Å². The van der Waals surface area contributed by atoms with E-state index < -0.39 is 33.8 Å². The van der Waals surface area contributed by atoms with E-state index in [1.807, 2.05) is 0 Å².